The third kappa shape index (κ3) is 3.05. The second-order valence-corrected chi connectivity index (χ2v) is 8.23. The normalized spacial score (nSPS) is 32.5. The average molecular weight is 345 g/mol. The van der Waals surface area contributed by atoms with Gasteiger partial charge in [-0.3, -0.25) is 9.59 Å². The molecular weight excluding hydrogens is 321 g/mol. The van der Waals surface area contributed by atoms with Gasteiger partial charge in [0.25, 0.3) is 5.91 Å². The Labute approximate surface area is 147 Å². The van der Waals surface area contributed by atoms with Crippen LogP contribution in [0.15, 0.2) is 18.2 Å². The number of hydrogen-bond acceptors (Lipinski definition) is 3. The van der Waals surface area contributed by atoms with Crippen LogP contribution in [0.5, 0.6) is 0 Å². The summed E-state index contributed by atoms with van der Waals surface area (Å²) in [4.78, 5) is 24.8. The molecule has 0 atom stereocenters. The van der Waals surface area contributed by atoms with Crippen molar-refractivity contribution in [1.29, 1.82) is 0 Å². The molecule has 4 fully saturated rings. The Hall–Kier alpha value is -1.91. The maximum atomic E-state index is 13.5. The number of benzene rings is 1. The fourth-order valence-electron chi connectivity index (χ4n) is 5.57. The molecule has 0 aromatic heterocycles. The molecule has 5 heteroatoms. The van der Waals surface area contributed by atoms with Crippen molar-refractivity contribution in [2.75, 3.05) is 11.9 Å². The molecule has 0 unspecified atom stereocenters. The van der Waals surface area contributed by atoms with Gasteiger partial charge in [-0.2, -0.15) is 0 Å². The molecule has 0 radical (unpaired) electrons. The zero-order valence-electron chi connectivity index (χ0n) is 14.5. The summed E-state index contributed by atoms with van der Waals surface area (Å²) in [7, 11) is 0. The van der Waals surface area contributed by atoms with Crippen LogP contribution in [0.1, 0.15) is 44.1 Å². The predicted molar refractivity (Wildman–Crippen MR) is 91.3 cm³/mol. The van der Waals surface area contributed by atoms with E-state index in [1.807, 2.05) is 0 Å². The Morgan fingerprint density at radius 1 is 1.16 bits per heavy atom. The van der Waals surface area contributed by atoms with Gasteiger partial charge in [0.05, 0.1) is 5.41 Å². The van der Waals surface area contributed by atoms with Crippen molar-refractivity contribution in [3.8, 4) is 0 Å². The fourth-order valence-corrected chi connectivity index (χ4v) is 5.57. The van der Waals surface area contributed by atoms with Crippen molar-refractivity contribution in [3.63, 3.8) is 0 Å². The minimum atomic E-state index is -0.424. The van der Waals surface area contributed by atoms with Gasteiger partial charge in [-0.1, -0.05) is 6.07 Å². The zero-order chi connectivity index (χ0) is 17.6. The van der Waals surface area contributed by atoms with Crippen molar-refractivity contribution in [3.05, 3.63) is 29.6 Å². The Kier molecular flexibility index (Phi) is 4.05. The number of amides is 1. The highest BCUT2D eigenvalue weighted by Crippen LogP contribution is 2.60. The molecule has 1 N–H and O–H groups in total. The number of hydrogen-bond donors (Lipinski definition) is 1. The Morgan fingerprint density at radius 3 is 2.36 bits per heavy atom. The van der Waals surface area contributed by atoms with Crippen LogP contribution in [-0.4, -0.2) is 18.5 Å². The number of ether oxygens (including phenoxy) is 1. The van der Waals surface area contributed by atoms with Crippen LogP contribution in [0.4, 0.5) is 10.1 Å². The third-order valence-electron chi connectivity index (χ3n) is 6.35. The molecule has 0 heterocycles. The largest absolute Gasteiger partial charge is 0.455 e. The summed E-state index contributed by atoms with van der Waals surface area (Å²) in [5.41, 5.74) is 0.434. The first-order valence-electron chi connectivity index (χ1n) is 9.17. The molecule has 1 amide bonds. The van der Waals surface area contributed by atoms with Gasteiger partial charge in [0, 0.05) is 11.3 Å². The SMILES string of the molecule is Cc1c(F)cccc1NC(=O)COC(=O)C12CC3CC(CC(C3)C1)C2. The number of rotatable bonds is 4. The summed E-state index contributed by atoms with van der Waals surface area (Å²) < 4.78 is 18.9. The minimum absolute atomic E-state index is 0.210. The highest BCUT2D eigenvalue weighted by Gasteiger charge is 2.55. The number of esters is 1. The molecule has 134 valence electrons. The van der Waals surface area contributed by atoms with E-state index in [4.69, 9.17) is 4.74 Å². The van der Waals surface area contributed by atoms with E-state index in [9.17, 15) is 14.0 Å². The summed E-state index contributed by atoms with van der Waals surface area (Å²) in [5, 5.41) is 2.62. The van der Waals surface area contributed by atoms with Crippen LogP contribution in [0.3, 0.4) is 0 Å². The van der Waals surface area contributed by atoms with Crippen molar-refractivity contribution < 1.29 is 18.7 Å². The first-order chi connectivity index (χ1) is 11.9. The first kappa shape index (κ1) is 16.6. The topological polar surface area (TPSA) is 55.4 Å². The summed E-state index contributed by atoms with van der Waals surface area (Å²) in [6, 6.07) is 4.52. The molecule has 0 saturated heterocycles. The number of anilines is 1. The van der Waals surface area contributed by atoms with E-state index in [1.54, 1.807) is 19.1 Å². The lowest BCUT2D eigenvalue weighted by Crippen LogP contribution is -2.50. The van der Waals surface area contributed by atoms with E-state index < -0.39 is 5.91 Å². The monoisotopic (exact) mass is 345 g/mol. The maximum absolute atomic E-state index is 13.5. The lowest BCUT2D eigenvalue weighted by Gasteiger charge is -2.55. The molecule has 0 aliphatic heterocycles. The van der Waals surface area contributed by atoms with Gasteiger partial charge in [-0.05, 0) is 75.3 Å². The number of nitrogens with one attached hydrogen (secondary N) is 1. The van der Waals surface area contributed by atoms with Crippen LogP contribution in [0.2, 0.25) is 0 Å². The molecule has 4 bridgehead atoms. The van der Waals surface area contributed by atoms with Crippen molar-refractivity contribution in [1.82, 2.24) is 0 Å². The van der Waals surface area contributed by atoms with Crippen molar-refractivity contribution in [2.24, 2.45) is 23.2 Å². The highest BCUT2D eigenvalue weighted by atomic mass is 19.1. The quantitative estimate of drug-likeness (QED) is 0.844. The summed E-state index contributed by atoms with van der Waals surface area (Å²) in [6.45, 7) is 1.29. The first-order valence-corrected chi connectivity index (χ1v) is 9.17. The molecule has 4 aliphatic rings. The molecule has 5 rings (SSSR count). The second kappa shape index (κ2) is 6.11. The molecule has 4 aliphatic carbocycles. The molecule has 4 nitrogen and oxygen atoms in total. The zero-order valence-corrected chi connectivity index (χ0v) is 14.5. The minimum Gasteiger partial charge on any atom is -0.455 e. The van der Waals surface area contributed by atoms with E-state index >= 15 is 0 Å². The number of halogens is 1. The number of carbonyl (C=O) groups is 2. The van der Waals surface area contributed by atoms with Gasteiger partial charge in [-0.25, -0.2) is 4.39 Å². The van der Waals surface area contributed by atoms with Gasteiger partial charge in [0.2, 0.25) is 0 Å². The Balaban J connectivity index is 1.36. The summed E-state index contributed by atoms with van der Waals surface area (Å²) >= 11 is 0. The third-order valence-corrected chi connectivity index (χ3v) is 6.35. The van der Waals surface area contributed by atoms with Crippen LogP contribution in [-0.2, 0) is 14.3 Å². The fraction of sp³-hybridized carbons (Fsp3) is 0.600. The average Bonchev–Trinajstić information content (AvgIpc) is 2.55. The van der Waals surface area contributed by atoms with Crippen LogP contribution in [0, 0.1) is 35.9 Å². The van der Waals surface area contributed by atoms with Crippen LogP contribution >= 0.6 is 0 Å². The van der Waals surface area contributed by atoms with Gasteiger partial charge < -0.3 is 10.1 Å². The van der Waals surface area contributed by atoms with E-state index in [1.165, 1.54) is 25.3 Å². The van der Waals surface area contributed by atoms with E-state index in [-0.39, 0.29) is 23.8 Å². The Bertz CT molecular complexity index is 680. The maximum Gasteiger partial charge on any atom is 0.312 e. The van der Waals surface area contributed by atoms with Gasteiger partial charge >= 0.3 is 5.97 Å². The predicted octanol–water partition coefficient (Wildman–Crippen LogP) is 3.83. The Morgan fingerprint density at radius 2 is 1.76 bits per heavy atom. The molecule has 4 saturated carbocycles. The van der Waals surface area contributed by atoms with Gasteiger partial charge in [0.1, 0.15) is 5.82 Å². The molecule has 1 aromatic rings. The van der Waals surface area contributed by atoms with E-state index in [2.05, 4.69) is 5.32 Å². The molecule has 1 aromatic carbocycles. The molecule has 0 spiro atoms. The van der Waals surface area contributed by atoms with Crippen molar-refractivity contribution >= 4 is 17.6 Å². The van der Waals surface area contributed by atoms with Gasteiger partial charge in [-0.15, -0.1) is 0 Å². The standard InChI is InChI=1S/C20H24FNO3/c1-12-16(21)3-2-4-17(12)22-18(23)11-25-19(24)20-8-13-5-14(9-20)7-15(6-13)10-20/h2-4,13-15H,5-11H2,1H3,(H,22,23). The lowest BCUT2D eigenvalue weighted by molar-refractivity contribution is -0.172. The highest BCUT2D eigenvalue weighted by molar-refractivity contribution is 5.93. The second-order valence-electron chi connectivity index (χ2n) is 8.23. The molecule has 25 heavy (non-hydrogen) atoms. The smallest absolute Gasteiger partial charge is 0.312 e. The summed E-state index contributed by atoms with van der Waals surface area (Å²) in [5.74, 6) is 0.959. The van der Waals surface area contributed by atoms with E-state index in [0.717, 1.165) is 19.3 Å². The van der Waals surface area contributed by atoms with E-state index in [0.29, 0.717) is 29.0 Å². The molecular formula is C20H24FNO3. The van der Waals surface area contributed by atoms with Crippen LogP contribution in [0.25, 0.3) is 0 Å². The number of carbonyl (C=O) groups excluding carboxylic acids is 2. The van der Waals surface area contributed by atoms with Crippen LogP contribution < -0.4 is 5.32 Å². The lowest BCUT2D eigenvalue weighted by atomic mass is 9.49. The van der Waals surface area contributed by atoms with Gasteiger partial charge in [0.15, 0.2) is 6.61 Å². The summed E-state index contributed by atoms with van der Waals surface area (Å²) in [6.07, 6.45) is 6.52. The van der Waals surface area contributed by atoms with Crippen molar-refractivity contribution in [2.45, 2.75) is 45.4 Å².